The summed E-state index contributed by atoms with van der Waals surface area (Å²) >= 11 is 0. The van der Waals surface area contributed by atoms with Gasteiger partial charge in [-0.2, -0.15) is 0 Å². The number of para-hydroxylation sites is 1. The smallest absolute Gasteiger partial charge is 0.307 e. The molecule has 33 heavy (non-hydrogen) atoms. The Hall–Kier alpha value is -4.53. The summed E-state index contributed by atoms with van der Waals surface area (Å²) in [6.45, 7) is 0.100. The molecule has 3 rings (SSSR count). The molecule has 0 spiro atoms. The Morgan fingerprint density at radius 1 is 0.818 bits per heavy atom. The number of carbonyl (C=O) groups excluding carboxylic acids is 3. The topological polar surface area (TPSA) is 128 Å². The predicted molar refractivity (Wildman–Crippen MR) is 121 cm³/mol. The van der Waals surface area contributed by atoms with E-state index < -0.39 is 16.8 Å². The number of anilines is 1. The molecule has 0 unspecified atom stereocenters. The van der Waals surface area contributed by atoms with Crippen molar-refractivity contribution in [2.24, 2.45) is 0 Å². The van der Waals surface area contributed by atoms with Gasteiger partial charge in [0.25, 0.3) is 17.5 Å². The second-order valence-corrected chi connectivity index (χ2v) is 6.99. The lowest BCUT2D eigenvalue weighted by atomic mass is 10.1. The van der Waals surface area contributed by atoms with Crippen LogP contribution in [0, 0.1) is 10.1 Å². The lowest BCUT2D eigenvalue weighted by Crippen LogP contribution is -2.26. The van der Waals surface area contributed by atoms with Crippen molar-refractivity contribution < 1.29 is 24.0 Å². The van der Waals surface area contributed by atoms with Crippen LogP contribution in [0.25, 0.3) is 0 Å². The van der Waals surface area contributed by atoms with Gasteiger partial charge in [-0.05, 0) is 42.0 Å². The zero-order valence-corrected chi connectivity index (χ0v) is 17.5. The molecule has 0 radical (unpaired) electrons. The number of hydrogen-bond acceptors (Lipinski definition) is 6. The molecule has 9 nitrogen and oxygen atoms in total. The van der Waals surface area contributed by atoms with Gasteiger partial charge in [-0.1, -0.05) is 30.3 Å². The van der Waals surface area contributed by atoms with E-state index in [4.69, 9.17) is 4.74 Å². The number of nitrogens with zero attached hydrogens (tertiary/aromatic N) is 1. The normalized spacial score (nSPS) is 10.2. The Balaban J connectivity index is 1.39. The van der Waals surface area contributed by atoms with E-state index in [0.29, 0.717) is 11.3 Å². The molecule has 0 aromatic heterocycles. The number of esters is 1. The van der Waals surface area contributed by atoms with Gasteiger partial charge in [-0.3, -0.25) is 24.5 Å². The highest BCUT2D eigenvalue weighted by molar-refractivity contribution is 6.04. The van der Waals surface area contributed by atoms with E-state index in [1.54, 1.807) is 36.4 Å². The molecule has 0 fully saturated rings. The van der Waals surface area contributed by atoms with Crippen LogP contribution in [0.2, 0.25) is 0 Å². The quantitative estimate of drug-likeness (QED) is 0.292. The van der Waals surface area contributed by atoms with E-state index in [1.807, 2.05) is 18.2 Å². The fraction of sp³-hybridized carbons (Fsp3) is 0.125. The Bertz CT molecular complexity index is 1130. The van der Waals surface area contributed by atoms with E-state index in [-0.39, 0.29) is 36.7 Å². The molecule has 0 aliphatic carbocycles. The second-order valence-electron chi connectivity index (χ2n) is 6.99. The summed E-state index contributed by atoms with van der Waals surface area (Å²) in [4.78, 5) is 46.3. The second kappa shape index (κ2) is 11.2. The first-order valence-corrected chi connectivity index (χ1v) is 10.1. The summed E-state index contributed by atoms with van der Waals surface area (Å²) in [5.41, 5.74) is 2.03. The van der Waals surface area contributed by atoms with Crippen LogP contribution in [0.3, 0.4) is 0 Å². The molecule has 168 valence electrons. The zero-order chi connectivity index (χ0) is 23.6. The molecule has 2 N–H and O–H groups in total. The standard InChI is InChI=1S/C24H21N3O6/c28-22(14-15-25-23(29)18-10-12-21(13-11-18)27(31)32)33-16-17-6-8-19(9-7-17)24(30)26-20-4-2-1-3-5-20/h1-13H,14-16H2,(H,25,29)(H,26,30). The van der Waals surface area contributed by atoms with Gasteiger partial charge in [0, 0.05) is 35.5 Å². The fourth-order valence-electron chi connectivity index (χ4n) is 2.83. The molecule has 0 aliphatic rings. The van der Waals surface area contributed by atoms with Crippen LogP contribution in [-0.4, -0.2) is 29.3 Å². The zero-order valence-electron chi connectivity index (χ0n) is 17.5. The third kappa shape index (κ3) is 7.00. The first-order valence-electron chi connectivity index (χ1n) is 10.1. The summed E-state index contributed by atoms with van der Waals surface area (Å²) in [5, 5.41) is 16.0. The van der Waals surface area contributed by atoms with Gasteiger partial charge in [0.05, 0.1) is 11.3 Å². The van der Waals surface area contributed by atoms with Crippen molar-refractivity contribution in [2.45, 2.75) is 13.0 Å². The van der Waals surface area contributed by atoms with Gasteiger partial charge in [0.15, 0.2) is 0 Å². The van der Waals surface area contributed by atoms with Gasteiger partial charge in [0.2, 0.25) is 0 Å². The number of nitro groups is 1. The average Bonchev–Trinajstić information content (AvgIpc) is 2.83. The Morgan fingerprint density at radius 3 is 2.06 bits per heavy atom. The maximum Gasteiger partial charge on any atom is 0.307 e. The van der Waals surface area contributed by atoms with Gasteiger partial charge < -0.3 is 15.4 Å². The van der Waals surface area contributed by atoms with Crippen LogP contribution < -0.4 is 10.6 Å². The highest BCUT2D eigenvalue weighted by Crippen LogP contribution is 2.12. The van der Waals surface area contributed by atoms with Crippen LogP contribution in [-0.2, 0) is 16.1 Å². The Kier molecular flexibility index (Phi) is 7.85. The van der Waals surface area contributed by atoms with E-state index in [0.717, 1.165) is 5.56 Å². The Labute approximate surface area is 189 Å². The van der Waals surface area contributed by atoms with Crippen molar-refractivity contribution in [3.05, 3.63) is 106 Å². The maximum absolute atomic E-state index is 12.3. The molecule has 0 atom stereocenters. The summed E-state index contributed by atoms with van der Waals surface area (Å²) in [7, 11) is 0. The van der Waals surface area contributed by atoms with Gasteiger partial charge in [-0.25, -0.2) is 0 Å². The van der Waals surface area contributed by atoms with Crippen molar-refractivity contribution in [1.82, 2.24) is 5.32 Å². The SMILES string of the molecule is O=C(CCNC(=O)c1ccc([N+](=O)[O-])cc1)OCc1ccc(C(=O)Nc2ccccc2)cc1. The summed E-state index contributed by atoms with van der Waals surface area (Å²) in [5.74, 6) is -1.18. The minimum Gasteiger partial charge on any atom is -0.461 e. The molecular formula is C24H21N3O6. The largest absolute Gasteiger partial charge is 0.461 e. The summed E-state index contributed by atoms with van der Waals surface area (Å²) in [6, 6.07) is 20.9. The summed E-state index contributed by atoms with van der Waals surface area (Å²) < 4.78 is 5.19. The molecular weight excluding hydrogens is 426 g/mol. The van der Waals surface area contributed by atoms with Crippen LogP contribution in [0.4, 0.5) is 11.4 Å². The molecule has 9 heteroatoms. The van der Waals surface area contributed by atoms with Crippen molar-refractivity contribution in [1.29, 1.82) is 0 Å². The lowest BCUT2D eigenvalue weighted by molar-refractivity contribution is -0.384. The number of non-ortho nitro benzene ring substituents is 1. The van der Waals surface area contributed by atoms with E-state index >= 15 is 0 Å². The lowest BCUT2D eigenvalue weighted by Gasteiger charge is -2.08. The number of ether oxygens (including phenoxy) is 1. The number of hydrogen-bond donors (Lipinski definition) is 2. The number of rotatable bonds is 9. The number of benzene rings is 3. The Morgan fingerprint density at radius 2 is 1.42 bits per heavy atom. The molecule has 0 saturated carbocycles. The highest BCUT2D eigenvalue weighted by Gasteiger charge is 2.11. The van der Waals surface area contributed by atoms with Crippen molar-refractivity contribution in [2.75, 3.05) is 11.9 Å². The average molecular weight is 447 g/mol. The fourth-order valence-corrected chi connectivity index (χ4v) is 2.83. The van der Waals surface area contributed by atoms with Crippen LogP contribution in [0.5, 0.6) is 0 Å². The third-order valence-corrected chi connectivity index (χ3v) is 4.60. The third-order valence-electron chi connectivity index (χ3n) is 4.60. The molecule has 3 aromatic carbocycles. The van der Waals surface area contributed by atoms with Crippen molar-refractivity contribution in [3.8, 4) is 0 Å². The van der Waals surface area contributed by atoms with Gasteiger partial charge >= 0.3 is 5.97 Å². The molecule has 2 amide bonds. The predicted octanol–water partition coefficient (Wildman–Crippen LogP) is 3.71. The van der Waals surface area contributed by atoms with Gasteiger partial charge in [-0.15, -0.1) is 0 Å². The minimum absolute atomic E-state index is 0.0315. The molecule has 3 aromatic rings. The molecule has 0 heterocycles. The monoisotopic (exact) mass is 447 g/mol. The number of nitro benzene ring substituents is 1. The van der Waals surface area contributed by atoms with Crippen LogP contribution >= 0.6 is 0 Å². The van der Waals surface area contributed by atoms with Crippen LogP contribution in [0.1, 0.15) is 32.7 Å². The van der Waals surface area contributed by atoms with Crippen LogP contribution in [0.15, 0.2) is 78.9 Å². The van der Waals surface area contributed by atoms with Gasteiger partial charge in [0.1, 0.15) is 6.61 Å². The number of carbonyl (C=O) groups is 3. The van der Waals surface area contributed by atoms with Crippen molar-refractivity contribution >= 4 is 29.2 Å². The van der Waals surface area contributed by atoms with E-state index in [9.17, 15) is 24.5 Å². The number of amides is 2. The van der Waals surface area contributed by atoms with E-state index in [2.05, 4.69) is 10.6 Å². The summed E-state index contributed by atoms with van der Waals surface area (Å²) in [6.07, 6.45) is -0.0315. The first kappa shape index (κ1) is 23.1. The number of nitrogens with one attached hydrogen (secondary N) is 2. The minimum atomic E-state index is -0.551. The molecule has 0 saturated heterocycles. The highest BCUT2D eigenvalue weighted by atomic mass is 16.6. The molecule has 0 aliphatic heterocycles. The maximum atomic E-state index is 12.3. The first-order chi connectivity index (χ1) is 15.9. The van der Waals surface area contributed by atoms with Crippen molar-refractivity contribution in [3.63, 3.8) is 0 Å². The van der Waals surface area contributed by atoms with E-state index in [1.165, 1.54) is 24.3 Å². The molecule has 0 bridgehead atoms.